The Morgan fingerprint density at radius 3 is 2.54 bits per heavy atom. The predicted molar refractivity (Wildman–Crippen MR) is 186 cm³/mol. The van der Waals surface area contributed by atoms with Gasteiger partial charge < -0.3 is 25.4 Å². The Hall–Kier alpha value is -4.18. The molecule has 0 radical (unpaired) electrons. The van der Waals surface area contributed by atoms with Crippen molar-refractivity contribution in [3.63, 3.8) is 0 Å². The molecule has 1 aliphatic rings. The molecular weight excluding hydrogens is 596 g/mol. The second kappa shape index (κ2) is 16.9. The number of nitrogens with one attached hydrogen (secondary N) is 1. The SMILES string of the molecule is COCCOCCCc1cccc(SCc2cccc(C(=O)Nc3ccc(N4CCCCC4)cc3-c3cc(C(N)=O)ccn3)c2)c1. The zero-order valence-electron chi connectivity index (χ0n) is 26.4. The number of hydrogen-bond donors (Lipinski definition) is 2. The van der Waals surface area contributed by atoms with Gasteiger partial charge in [0, 0.05) is 66.0 Å². The molecule has 0 saturated carbocycles. The summed E-state index contributed by atoms with van der Waals surface area (Å²) in [5.74, 6) is 0.00960. The number of piperidine rings is 1. The van der Waals surface area contributed by atoms with Gasteiger partial charge in [-0.3, -0.25) is 14.6 Å². The number of benzene rings is 3. The molecular formula is C37H42N4O4S. The van der Waals surface area contributed by atoms with E-state index in [0.717, 1.165) is 67.9 Å². The van der Waals surface area contributed by atoms with Crippen molar-refractivity contribution in [1.29, 1.82) is 0 Å². The van der Waals surface area contributed by atoms with E-state index in [2.05, 4.69) is 39.5 Å². The molecule has 1 aromatic heterocycles. The summed E-state index contributed by atoms with van der Waals surface area (Å²) in [4.78, 5) is 33.6. The minimum absolute atomic E-state index is 0.209. The van der Waals surface area contributed by atoms with Gasteiger partial charge in [0.15, 0.2) is 0 Å². The van der Waals surface area contributed by atoms with Gasteiger partial charge in [-0.25, -0.2) is 0 Å². The van der Waals surface area contributed by atoms with Gasteiger partial charge >= 0.3 is 0 Å². The Morgan fingerprint density at radius 1 is 0.891 bits per heavy atom. The average molecular weight is 639 g/mol. The first-order valence-electron chi connectivity index (χ1n) is 15.8. The van der Waals surface area contributed by atoms with Crippen molar-refractivity contribution in [3.8, 4) is 11.3 Å². The number of aromatic nitrogens is 1. The molecule has 1 aliphatic heterocycles. The van der Waals surface area contributed by atoms with E-state index in [9.17, 15) is 9.59 Å². The lowest BCUT2D eigenvalue weighted by molar-refractivity contribution is 0.0695. The molecule has 0 aliphatic carbocycles. The van der Waals surface area contributed by atoms with Gasteiger partial charge in [0.2, 0.25) is 5.91 Å². The Kier molecular flexibility index (Phi) is 12.2. The van der Waals surface area contributed by atoms with Crippen LogP contribution in [0.15, 0.2) is 90.0 Å². The summed E-state index contributed by atoms with van der Waals surface area (Å²) in [7, 11) is 1.68. The van der Waals surface area contributed by atoms with Crippen LogP contribution >= 0.6 is 11.8 Å². The first-order valence-corrected chi connectivity index (χ1v) is 16.8. The van der Waals surface area contributed by atoms with Crippen LogP contribution in [0.2, 0.25) is 0 Å². The zero-order chi connectivity index (χ0) is 32.1. The maximum atomic E-state index is 13.6. The van der Waals surface area contributed by atoms with E-state index < -0.39 is 5.91 Å². The summed E-state index contributed by atoms with van der Waals surface area (Å²) in [6.45, 7) is 3.93. The van der Waals surface area contributed by atoms with E-state index in [1.54, 1.807) is 37.2 Å². The fourth-order valence-electron chi connectivity index (χ4n) is 5.51. The quantitative estimate of drug-likeness (QED) is 0.107. The van der Waals surface area contributed by atoms with E-state index >= 15 is 0 Å². The second-order valence-electron chi connectivity index (χ2n) is 11.4. The number of ether oxygens (including phenoxy) is 2. The molecule has 3 aromatic carbocycles. The van der Waals surface area contributed by atoms with Crippen molar-refractivity contribution in [2.75, 3.05) is 50.2 Å². The average Bonchev–Trinajstić information content (AvgIpc) is 3.10. The van der Waals surface area contributed by atoms with Crippen LogP contribution in [0.3, 0.4) is 0 Å². The number of carbonyl (C=O) groups excluding carboxylic acids is 2. The van der Waals surface area contributed by atoms with Crippen LogP contribution in [0.5, 0.6) is 0 Å². The molecule has 0 spiro atoms. The Labute approximate surface area is 275 Å². The van der Waals surface area contributed by atoms with Gasteiger partial charge in [0.05, 0.1) is 24.6 Å². The lowest BCUT2D eigenvalue weighted by atomic mass is 10.0. The highest BCUT2D eigenvalue weighted by molar-refractivity contribution is 7.98. The lowest BCUT2D eigenvalue weighted by Gasteiger charge is -2.29. The maximum Gasteiger partial charge on any atom is 0.255 e. The smallest absolute Gasteiger partial charge is 0.255 e. The number of amides is 2. The van der Waals surface area contributed by atoms with E-state index in [1.807, 2.05) is 42.5 Å². The molecule has 240 valence electrons. The molecule has 1 fully saturated rings. The number of nitrogens with zero attached hydrogens (tertiary/aromatic N) is 2. The van der Waals surface area contributed by atoms with Crippen molar-refractivity contribution in [3.05, 3.63) is 107 Å². The molecule has 5 rings (SSSR count). The summed E-state index contributed by atoms with van der Waals surface area (Å²) in [5, 5.41) is 3.11. The van der Waals surface area contributed by atoms with Crippen LogP contribution in [0, 0.1) is 0 Å². The normalized spacial score (nSPS) is 13.0. The standard InChI is InChI=1S/C37H42N4O4S/c1-44-20-21-45-19-7-10-27-8-6-12-32(23-27)46-26-28-9-5-11-30(22-28)37(43)40-34-14-13-31(41-17-3-2-4-18-41)25-33(34)35-24-29(36(38)42)15-16-39-35/h5-6,8-9,11-16,22-25H,2-4,7,10,17-21,26H2,1H3,(H2,38,42)(H,40,43). The molecule has 8 nitrogen and oxygen atoms in total. The van der Waals surface area contributed by atoms with Crippen LogP contribution in [-0.4, -0.2) is 56.8 Å². The first-order chi connectivity index (χ1) is 22.5. The summed E-state index contributed by atoms with van der Waals surface area (Å²) in [5.41, 5.74) is 11.9. The van der Waals surface area contributed by atoms with Crippen molar-refractivity contribution >= 4 is 35.0 Å². The largest absolute Gasteiger partial charge is 0.382 e. The summed E-state index contributed by atoms with van der Waals surface area (Å²) >= 11 is 1.75. The van der Waals surface area contributed by atoms with Crippen LogP contribution in [0.25, 0.3) is 11.3 Å². The molecule has 4 aromatic rings. The predicted octanol–water partition coefficient (Wildman–Crippen LogP) is 6.98. The van der Waals surface area contributed by atoms with Gasteiger partial charge in [0.25, 0.3) is 5.91 Å². The lowest BCUT2D eigenvalue weighted by Crippen LogP contribution is -2.29. The molecule has 2 heterocycles. The van der Waals surface area contributed by atoms with Crippen LogP contribution in [0.4, 0.5) is 11.4 Å². The molecule has 3 N–H and O–H groups in total. The minimum atomic E-state index is -0.522. The number of pyridine rings is 1. The number of aryl methyl sites for hydroxylation is 1. The van der Waals surface area contributed by atoms with E-state index in [-0.39, 0.29) is 5.91 Å². The molecule has 0 unspecified atom stereocenters. The first kappa shape index (κ1) is 33.2. The number of carbonyl (C=O) groups is 2. The highest BCUT2D eigenvalue weighted by atomic mass is 32.2. The molecule has 0 bridgehead atoms. The number of thioether (sulfide) groups is 1. The highest BCUT2D eigenvalue weighted by Crippen LogP contribution is 2.33. The molecule has 9 heteroatoms. The van der Waals surface area contributed by atoms with E-state index in [0.29, 0.717) is 35.7 Å². The molecule has 2 amide bonds. The number of nitrogens with two attached hydrogens (primary N) is 1. The Morgan fingerprint density at radius 2 is 1.72 bits per heavy atom. The number of methoxy groups -OCH3 is 1. The third-order valence-electron chi connectivity index (χ3n) is 7.97. The minimum Gasteiger partial charge on any atom is -0.382 e. The fraction of sp³-hybridized carbons (Fsp3) is 0.324. The third kappa shape index (κ3) is 9.42. The van der Waals surface area contributed by atoms with Crippen molar-refractivity contribution in [2.45, 2.75) is 42.8 Å². The molecule has 1 saturated heterocycles. The van der Waals surface area contributed by atoms with Crippen molar-refractivity contribution in [1.82, 2.24) is 4.98 Å². The molecule has 46 heavy (non-hydrogen) atoms. The van der Waals surface area contributed by atoms with E-state index in [4.69, 9.17) is 15.2 Å². The summed E-state index contributed by atoms with van der Waals surface area (Å²) in [6.07, 6.45) is 7.02. The maximum absolute atomic E-state index is 13.6. The fourth-order valence-corrected chi connectivity index (χ4v) is 6.43. The summed E-state index contributed by atoms with van der Waals surface area (Å²) in [6, 6.07) is 25.6. The van der Waals surface area contributed by atoms with Gasteiger partial charge in [-0.1, -0.05) is 24.3 Å². The summed E-state index contributed by atoms with van der Waals surface area (Å²) < 4.78 is 10.6. The van der Waals surface area contributed by atoms with Crippen molar-refractivity contribution < 1.29 is 19.1 Å². The number of hydrogen-bond acceptors (Lipinski definition) is 7. The van der Waals surface area contributed by atoms with Gasteiger partial charge in [-0.05, 0) is 97.8 Å². The monoisotopic (exact) mass is 638 g/mol. The third-order valence-corrected chi connectivity index (χ3v) is 9.04. The van der Waals surface area contributed by atoms with Gasteiger partial charge in [-0.15, -0.1) is 11.8 Å². The Bertz CT molecular complexity index is 1620. The van der Waals surface area contributed by atoms with Gasteiger partial charge in [-0.2, -0.15) is 0 Å². The number of primary amides is 1. The second-order valence-corrected chi connectivity index (χ2v) is 12.4. The van der Waals surface area contributed by atoms with E-state index in [1.165, 1.54) is 16.9 Å². The Balaban J connectivity index is 1.27. The zero-order valence-corrected chi connectivity index (χ0v) is 27.2. The number of anilines is 2. The van der Waals surface area contributed by atoms with Gasteiger partial charge in [0.1, 0.15) is 0 Å². The van der Waals surface area contributed by atoms with Crippen molar-refractivity contribution in [2.24, 2.45) is 5.73 Å². The van der Waals surface area contributed by atoms with Crippen LogP contribution in [0.1, 0.15) is 57.5 Å². The van der Waals surface area contributed by atoms with Crippen LogP contribution < -0.4 is 16.0 Å². The topological polar surface area (TPSA) is 107 Å². The molecule has 0 atom stereocenters. The highest BCUT2D eigenvalue weighted by Gasteiger charge is 2.17. The number of rotatable bonds is 15. The van der Waals surface area contributed by atoms with Crippen LogP contribution in [-0.2, 0) is 21.6 Å².